The SMILES string of the molecule is CCNC(c1ccccc1)C(C)Sc1ccccc1Br. The summed E-state index contributed by atoms with van der Waals surface area (Å²) < 4.78 is 1.17. The minimum atomic E-state index is 0.360. The summed E-state index contributed by atoms with van der Waals surface area (Å²) in [6.07, 6.45) is 0. The van der Waals surface area contributed by atoms with E-state index < -0.39 is 0 Å². The molecule has 0 heterocycles. The normalized spacial score (nSPS) is 13.9. The number of halogens is 1. The molecule has 2 rings (SSSR count). The smallest absolute Gasteiger partial charge is 0.0441 e. The fraction of sp³-hybridized carbons (Fsp3) is 0.294. The molecule has 1 nitrogen and oxygen atoms in total. The first-order chi connectivity index (χ1) is 9.72. The Labute approximate surface area is 134 Å². The Morgan fingerprint density at radius 3 is 2.35 bits per heavy atom. The Morgan fingerprint density at radius 1 is 1.05 bits per heavy atom. The molecule has 20 heavy (non-hydrogen) atoms. The number of rotatable bonds is 6. The highest BCUT2D eigenvalue weighted by molar-refractivity contribution is 9.10. The molecule has 0 aliphatic carbocycles. The summed E-state index contributed by atoms with van der Waals surface area (Å²) in [6, 6.07) is 19.4. The summed E-state index contributed by atoms with van der Waals surface area (Å²) >= 11 is 5.53. The molecule has 0 saturated carbocycles. The van der Waals surface area contributed by atoms with E-state index in [0.717, 1.165) is 6.54 Å². The van der Waals surface area contributed by atoms with Gasteiger partial charge in [0.15, 0.2) is 0 Å². The molecular weight excluding hydrogens is 330 g/mol. The van der Waals surface area contributed by atoms with Crippen molar-refractivity contribution in [2.45, 2.75) is 30.0 Å². The molecule has 2 atom stereocenters. The lowest BCUT2D eigenvalue weighted by molar-refractivity contribution is 0.548. The first-order valence-electron chi connectivity index (χ1n) is 6.92. The van der Waals surface area contributed by atoms with Crippen LogP contribution in [0.5, 0.6) is 0 Å². The maximum Gasteiger partial charge on any atom is 0.0441 e. The quantitative estimate of drug-likeness (QED) is 0.712. The zero-order valence-electron chi connectivity index (χ0n) is 11.8. The van der Waals surface area contributed by atoms with Crippen LogP contribution in [0.4, 0.5) is 0 Å². The van der Waals surface area contributed by atoms with E-state index in [-0.39, 0.29) is 0 Å². The van der Waals surface area contributed by atoms with Crippen LogP contribution in [0.1, 0.15) is 25.5 Å². The van der Waals surface area contributed by atoms with Crippen LogP contribution in [0.3, 0.4) is 0 Å². The van der Waals surface area contributed by atoms with Gasteiger partial charge in [0, 0.05) is 20.7 Å². The average Bonchev–Trinajstić information content (AvgIpc) is 2.48. The molecule has 2 aromatic carbocycles. The van der Waals surface area contributed by atoms with E-state index in [2.05, 4.69) is 89.7 Å². The monoisotopic (exact) mass is 349 g/mol. The minimum absolute atomic E-state index is 0.360. The zero-order valence-corrected chi connectivity index (χ0v) is 14.2. The summed E-state index contributed by atoms with van der Waals surface area (Å²) in [6.45, 7) is 5.41. The molecule has 0 radical (unpaired) electrons. The molecule has 0 spiro atoms. The first kappa shape index (κ1) is 15.6. The van der Waals surface area contributed by atoms with E-state index in [0.29, 0.717) is 11.3 Å². The van der Waals surface area contributed by atoms with Gasteiger partial charge in [-0.3, -0.25) is 0 Å². The molecule has 0 aromatic heterocycles. The Morgan fingerprint density at radius 2 is 1.70 bits per heavy atom. The molecule has 0 aliphatic heterocycles. The third-order valence-corrected chi connectivity index (χ3v) is 5.41. The summed E-state index contributed by atoms with van der Waals surface area (Å²) in [5.41, 5.74) is 1.35. The van der Waals surface area contributed by atoms with Crippen LogP contribution in [-0.2, 0) is 0 Å². The van der Waals surface area contributed by atoms with Gasteiger partial charge in [0.1, 0.15) is 0 Å². The Bertz CT molecular complexity index is 530. The molecule has 2 aromatic rings. The third-order valence-electron chi connectivity index (χ3n) is 3.20. The highest BCUT2D eigenvalue weighted by Crippen LogP contribution is 2.35. The fourth-order valence-corrected chi connectivity index (χ4v) is 3.94. The largest absolute Gasteiger partial charge is 0.309 e. The standard InChI is InChI=1S/C17H20BrNS/c1-3-19-17(14-9-5-4-6-10-14)13(2)20-16-12-8-7-11-15(16)18/h4-13,17,19H,3H2,1-2H3. The van der Waals surface area contributed by atoms with Gasteiger partial charge in [0.2, 0.25) is 0 Å². The molecule has 1 N–H and O–H groups in total. The molecule has 106 valence electrons. The number of nitrogens with one attached hydrogen (secondary N) is 1. The average molecular weight is 350 g/mol. The van der Waals surface area contributed by atoms with Crippen molar-refractivity contribution in [2.75, 3.05) is 6.54 Å². The van der Waals surface area contributed by atoms with E-state index in [1.54, 1.807) is 0 Å². The molecule has 2 unspecified atom stereocenters. The van der Waals surface area contributed by atoms with E-state index in [1.807, 2.05) is 11.8 Å². The number of thioether (sulfide) groups is 1. The summed E-state index contributed by atoms with van der Waals surface area (Å²) in [5, 5.41) is 4.06. The van der Waals surface area contributed by atoms with Gasteiger partial charge < -0.3 is 5.32 Å². The van der Waals surface area contributed by atoms with E-state index in [9.17, 15) is 0 Å². The molecule has 3 heteroatoms. The number of hydrogen-bond donors (Lipinski definition) is 1. The van der Waals surface area contributed by atoms with Gasteiger partial charge >= 0.3 is 0 Å². The Kier molecular flexibility index (Phi) is 6.14. The Balaban J connectivity index is 2.16. The second-order valence-electron chi connectivity index (χ2n) is 4.70. The van der Waals surface area contributed by atoms with Crippen LogP contribution < -0.4 is 5.32 Å². The van der Waals surface area contributed by atoms with Gasteiger partial charge in [0.25, 0.3) is 0 Å². The summed E-state index contributed by atoms with van der Waals surface area (Å²) in [5.74, 6) is 0. The summed E-state index contributed by atoms with van der Waals surface area (Å²) in [4.78, 5) is 1.29. The van der Waals surface area contributed by atoms with Crippen molar-refractivity contribution >= 4 is 27.7 Å². The third kappa shape index (κ3) is 4.11. The Hall–Kier alpha value is -0.770. The number of hydrogen-bond acceptors (Lipinski definition) is 2. The maximum absolute atomic E-state index is 3.63. The van der Waals surface area contributed by atoms with Gasteiger partial charge in [-0.05, 0) is 40.2 Å². The van der Waals surface area contributed by atoms with Crippen LogP contribution in [0.15, 0.2) is 64.0 Å². The van der Waals surface area contributed by atoms with Gasteiger partial charge in [-0.25, -0.2) is 0 Å². The van der Waals surface area contributed by atoms with Gasteiger partial charge in [-0.15, -0.1) is 11.8 Å². The predicted molar refractivity (Wildman–Crippen MR) is 92.3 cm³/mol. The van der Waals surface area contributed by atoms with Crippen molar-refractivity contribution in [1.82, 2.24) is 5.32 Å². The maximum atomic E-state index is 3.63. The van der Waals surface area contributed by atoms with Crippen molar-refractivity contribution in [3.05, 3.63) is 64.6 Å². The van der Waals surface area contributed by atoms with Crippen LogP contribution in [0.25, 0.3) is 0 Å². The van der Waals surface area contributed by atoms with Crippen molar-refractivity contribution in [3.63, 3.8) is 0 Å². The lowest BCUT2D eigenvalue weighted by Crippen LogP contribution is -2.28. The molecular formula is C17H20BrNS. The van der Waals surface area contributed by atoms with Crippen LogP contribution in [0, 0.1) is 0 Å². The van der Waals surface area contributed by atoms with Crippen LogP contribution in [0.2, 0.25) is 0 Å². The van der Waals surface area contributed by atoms with Crippen molar-refractivity contribution < 1.29 is 0 Å². The van der Waals surface area contributed by atoms with Crippen molar-refractivity contribution in [3.8, 4) is 0 Å². The summed E-state index contributed by atoms with van der Waals surface area (Å²) in [7, 11) is 0. The fourth-order valence-electron chi connectivity index (χ4n) is 2.24. The first-order valence-corrected chi connectivity index (χ1v) is 8.59. The van der Waals surface area contributed by atoms with Crippen molar-refractivity contribution in [1.29, 1.82) is 0 Å². The van der Waals surface area contributed by atoms with Crippen LogP contribution >= 0.6 is 27.7 Å². The molecule has 0 saturated heterocycles. The second kappa shape index (κ2) is 7.87. The van der Waals surface area contributed by atoms with E-state index in [1.165, 1.54) is 14.9 Å². The minimum Gasteiger partial charge on any atom is -0.309 e. The molecule has 0 bridgehead atoms. The van der Waals surface area contributed by atoms with Gasteiger partial charge in [0.05, 0.1) is 0 Å². The number of benzene rings is 2. The second-order valence-corrected chi connectivity index (χ2v) is 6.97. The lowest BCUT2D eigenvalue weighted by Gasteiger charge is -2.25. The highest BCUT2D eigenvalue weighted by Gasteiger charge is 2.19. The van der Waals surface area contributed by atoms with E-state index in [4.69, 9.17) is 0 Å². The van der Waals surface area contributed by atoms with Gasteiger partial charge in [-0.2, -0.15) is 0 Å². The molecule has 0 amide bonds. The topological polar surface area (TPSA) is 12.0 Å². The molecule has 0 fully saturated rings. The van der Waals surface area contributed by atoms with E-state index >= 15 is 0 Å². The highest BCUT2D eigenvalue weighted by atomic mass is 79.9. The van der Waals surface area contributed by atoms with Gasteiger partial charge in [-0.1, -0.05) is 56.3 Å². The van der Waals surface area contributed by atoms with Crippen LogP contribution in [-0.4, -0.2) is 11.8 Å². The van der Waals surface area contributed by atoms with Crippen molar-refractivity contribution in [2.24, 2.45) is 0 Å². The predicted octanol–water partition coefficient (Wildman–Crippen LogP) is 5.28. The lowest BCUT2D eigenvalue weighted by atomic mass is 10.0. The zero-order chi connectivity index (χ0) is 14.4. The molecule has 0 aliphatic rings.